The third-order valence-corrected chi connectivity index (χ3v) is 5.19. The maximum Gasteiger partial charge on any atom is 0.242 e. The highest BCUT2D eigenvalue weighted by molar-refractivity contribution is 5.85. The molecule has 0 spiro atoms. The van der Waals surface area contributed by atoms with Gasteiger partial charge in [0.2, 0.25) is 5.91 Å². The van der Waals surface area contributed by atoms with E-state index in [-0.39, 0.29) is 5.91 Å². The van der Waals surface area contributed by atoms with Crippen molar-refractivity contribution in [2.45, 2.75) is 77.3 Å². The summed E-state index contributed by atoms with van der Waals surface area (Å²) in [6.07, 6.45) is 8.92. The highest BCUT2D eigenvalue weighted by atomic mass is 16.2. The number of amides is 1. The second-order valence-electron chi connectivity index (χ2n) is 7.59. The maximum absolute atomic E-state index is 12.9. The van der Waals surface area contributed by atoms with Crippen LogP contribution >= 0.6 is 0 Å². The molecule has 0 unspecified atom stereocenters. The summed E-state index contributed by atoms with van der Waals surface area (Å²) < 4.78 is 0. The first kappa shape index (κ1) is 17.7. The molecule has 0 aromatic heterocycles. The van der Waals surface area contributed by atoms with Crippen LogP contribution in [0.1, 0.15) is 65.7 Å². The molecule has 1 N–H and O–H groups in total. The van der Waals surface area contributed by atoms with E-state index in [1.165, 1.54) is 51.5 Å². The molecule has 4 heteroatoms. The minimum atomic E-state index is -0.423. The molecule has 2 aliphatic rings. The van der Waals surface area contributed by atoms with Gasteiger partial charge in [-0.05, 0) is 39.7 Å². The second-order valence-corrected chi connectivity index (χ2v) is 7.59. The zero-order chi connectivity index (χ0) is 16.0. The van der Waals surface area contributed by atoms with E-state index in [2.05, 4.69) is 35.9 Å². The fourth-order valence-corrected chi connectivity index (χ4v) is 3.77. The molecule has 1 aliphatic heterocycles. The quantitative estimate of drug-likeness (QED) is 0.819. The van der Waals surface area contributed by atoms with E-state index in [9.17, 15) is 4.79 Å². The molecule has 1 aliphatic carbocycles. The first-order chi connectivity index (χ1) is 10.5. The molecule has 2 rings (SSSR count). The van der Waals surface area contributed by atoms with E-state index < -0.39 is 5.54 Å². The van der Waals surface area contributed by atoms with Gasteiger partial charge in [-0.25, -0.2) is 0 Å². The molecule has 2 fully saturated rings. The van der Waals surface area contributed by atoms with Crippen LogP contribution in [0.5, 0.6) is 0 Å². The lowest BCUT2D eigenvalue weighted by atomic mass is 9.92. The smallest absolute Gasteiger partial charge is 0.242 e. The Morgan fingerprint density at radius 2 is 1.73 bits per heavy atom. The van der Waals surface area contributed by atoms with Crippen LogP contribution in [0, 0.1) is 0 Å². The van der Waals surface area contributed by atoms with Crippen molar-refractivity contribution >= 4 is 5.91 Å². The number of carbonyl (C=O) groups excluding carboxylic acids is 1. The van der Waals surface area contributed by atoms with Gasteiger partial charge in [0, 0.05) is 32.2 Å². The van der Waals surface area contributed by atoms with Gasteiger partial charge in [0.1, 0.15) is 0 Å². The SMILES string of the molecule is CCCCN1CCN(C(=O)C(C)(C)NC2CCCCC2)CC1. The first-order valence-electron chi connectivity index (χ1n) is 9.32. The molecule has 0 aromatic carbocycles. The van der Waals surface area contributed by atoms with Crippen molar-refractivity contribution in [1.29, 1.82) is 0 Å². The van der Waals surface area contributed by atoms with Gasteiger partial charge >= 0.3 is 0 Å². The second kappa shape index (κ2) is 8.30. The van der Waals surface area contributed by atoms with Gasteiger partial charge in [-0.2, -0.15) is 0 Å². The fourth-order valence-electron chi connectivity index (χ4n) is 3.77. The van der Waals surface area contributed by atoms with E-state index in [0.717, 1.165) is 26.2 Å². The number of nitrogens with zero attached hydrogens (tertiary/aromatic N) is 2. The molecule has 1 heterocycles. The predicted molar refractivity (Wildman–Crippen MR) is 92.0 cm³/mol. The fraction of sp³-hybridized carbons (Fsp3) is 0.944. The Hall–Kier alpha value is -0.610. The number of hydrogen-bond acceptors (Lipinski definition) is 3. The van der Waals surface area contributed by atoms with Crippen molar-refractivity contribution in [2.24, 2.45) is 0 Å². The number of hydrogen-bond donors (Lipinski definition) is 1. The van der Waals surface area contributed by atoms with Crippen molar-refractivity contribution in [1.82, 2.24) is 15.1 Å². The van der Waals surface area contributed by atoms with Crippen molar-refractivity contribution in [3.05, 3.63) is 0 Å². The van der Waals surface area contributed by atoms with Crippen LogP contribution in [0.2, 0.25) is 0 Å². The minimum absolute atomic E-state index is 0.285. The summed E-state index contributed by atoms with van der Waals surface area (Å²) in [4.78, 5) is 17.4. The van der Waals surface area contributed by atoms with Gasteiger partial charge in [0.05, 0.1) is 5.54 Å². The van der Waals surface area contributed by atoms with Crippen molar-refractivity contribution < 1.29 is 4.79 Å². The van der Waals surface area contributed by atoms with Crippen LogP contribution in [0.4, 0.5) is 0 Å². The van der Waals surface area contributed by atoms with Crippen LogP contribution in [0.25, 0.3) is 0 Å². The molecule has 0 bridgehead atoms. The highest BCUT2D eigenvalue weighted by Crippen LogP contribution is 2.21. The molecule has 4 nitrogen and oxygen atoms in total. The Morgan fingerprint density at radius 1 is 1.09 bits per heavy atom. The number of rotatable bonds is 6. The molecular formula is C18H35N3O. The maximum atomic E-state index is 12.9. The van der Waals surface area contributed by atoms with Crippen LogP contribution in [0.3, 0.4) is 0 Å². The summed E-state index contributed by atoms with van der Waals surface area (Å²) in [7, 11) is 0. The topological polar surface area (TPSA) is 35.6 Å². The van der Waals surface area contributed by atoms with Crippen molar-refractivity contribution in [2.75, 3.05) is 32.7 Å². The molecule has 0 aromatic rings. The Labute approximate surface area is 136 Å². The average Bonchev–Trinajstić information content (AvgIpc) is 2.53. The molecular weight excluding hydrogens is 274 g/mol. The van der Waals surface area contributed by atoms with E-state index in [1.54, 1.807) is 0 Å². The number of unbranched alkanes of at least 4 members (excludes halogenated alkanes) is 1. The number of nitrogens with one attached hydrogen (secondary N) is 1. The van der Waals surface area contributed by atoms with Gasteiger partial charge < -0.3 is 10.2 Å². The minimum Gasteiger partial charge on any atom is -0.339 e. The third kappa shape index (κ3) is 4.95. The Bertz CT molecular complexity index is 342. The lowest BCUT2D eigenvalue weighted by Crippen LogP contribution is -2.60. The van der Waals surface area contributed by atoms with Crippen LogP contribution in [0.15, 0.2) is 0 Å². The standard InChI is InChI=1S/C18H35N3O/c1-4-5-11-20-12-14-21(15-13-20)17(22)18(2,3)19-16-9-7-6-8-10-16/h16,19H,4-15H2,1-3H3. The van der Waals surface area contributed by atoms with E-state index in [1.807, 2.05) is 0 Å². The lowest BCUT2D eigenvalue weighted by molar-refractivity contribution is -0.139. The monoisotopic (exact) mass is 309 g/mol. The van der Waals surface area contributed by atoms with E-state index in [0.29, 0.717) is 6.04 Å². The summed E-state index contributed by atoms with van der Waals surface area (Å²) in [6, 6.07) is 0.526. The van der Waals surface area contributed by atoms with Crippen LogP contribution in [-0.2, 0) is 4.79 Å². The van der Waals surface area contributed by atoms with Gasteiger partial charge in [0.25, 0.3) is 0 Å². The Balaban J connectivity index is 1.79. The number of carbonyl (C=O) groups is 1. The summed E-state index contributed by atoms with van der Waals surface area (Å²) in [5.41, 5.74) is -0.423. The van der Waals surface area contributed by atoms with Gasteiger partial charge in [0.15, 0.2) is 0 Å². The molecule has 1 saturated heterocycles. The Morgan fingerprint density at radius 3 is 2.32 bits per heavy atom. The summed E-state index contributed by atoms with van der Waals surface area (Å²) in [6.45, 7) is 11.4. The first-order valence-corrected chi connectivity index (χ1v) is 9.32. The molecule has 128 valence electrons. The summed E-state index contributed by atoms with van der Waals surface area (Å²) >= 11 is 0. The van der Waals surface area contributed by atoms with Gasteiger partial charge in [-0.3, -0.25) is 9.69 Å². The van der Waals surface area contributed by atoms with Crippen molar-refractivity contribution in [3.63, 3.8) is 0 Å². The third-order valence-electron chi connectivity index (χ3n) is 5.19. The summed E-state index contributed by atoms with van der Waals surface area (Å²) in [5.74, 6) is 0.285. The van der Waals surface area contributed by atoms with Crippen molar-refractivity contribution in [3.8, 4) is 0 Å². The molecule has 1 saturated carbocycles. The predicted octanol–water partition coefficient (Wildman–Crippen LogP) is 2.63. The average molecular weight is 309 g/mol. The summed E-state index contributed by atoms with van der Waals surface area (Å²) in [5, 5.41) is 3.63. The van der Waals surface area contributed by atoms with Gasteiger partial charge in [-0.15, -0.1) is 0 Å². The van der Waals surface area contributed by atoms with Gasteiger partial charge in [-0.1, -0.05) is 32.6 Å². The Kier molecular flexibility index (Phi) is 6.69. The lowest BCUT2D eigenvalue weighted by Gasteiger charge is -2.40. The van der Waals surface area contributed by atoms with Crippen LogP contribution in [-0.4, -0.2) is 60.0 Å². The van der Waals surface area contributed by atoms with E-state index in [4.69, 9.17) is 0 Å². The number of piperazine rings is 1. The molecule has 0 radical (unpaired) electrons. The zero-order valence-electron chi connectivity index (χ0n) is 14.9. The largest absolute Gasteiger partial charge is 0.339 e. The zero-order valence-corrected chi connectivity index (χ0v) is 14.9. The highest BCUT2D eigenvalue weighted by Gasteiger charge is 2.35. The van der Waals surface area contributed by atoms with E-state index >= 15 is 0 Å². The molecule has 0 atom stereocenters. The van der Waals surface area contributed by atoms with Crippen LogP contribution < -0.4 is 5.32 Å². The molecule has 22 heavy (non-hydrogen) atoms. The molecule has 1 amide bonds. The normalized spacial score (nSPS) is 22.0.